The lowest BCUT2D eigenvalue weighted by Gasteiger charge is -2.43. The summed E-state index contributed by atoms with van der Waals surface area (Å²) < 4.78 is 0. The van der Waals surface area contributed by atoms with Crippen LogP contribution in [-0.2, 0) is 19.3 Å². The van der Waals surface area contributed by atoms with Crippen molar-refractivity contribution in [1.29, 1.82) is 0 Å². The molecule has 0 spiro atoms. The average molecular weight is 711 g/mol. The first kappa shape index (κ1) is 41.5. The van der Waals surface area contributed by atoms with Gasteiger partial charge in [0.2, 0.25) is 0 Å². The molecule has 2 nitrogen and oxygen atoms in total. The molecule has 2 aromatic heterocycles. The molecule has 2 heterocycles. The molecule has 6 aliphatic carbocycles. The number of aryl methyl sites for hydroxylation is 2. The van der Waals surface area contributed by atoms with Crippen LogP contribution in [0.25, 0.3) is 0 Å². The van der Waals surface area contributed by atoms with Crippen molar-refractivity contribution < 1.29 is 0 Å². The van der Waals surface area contributed by atoms with Crippen LogP contribution >= 0.6 is 0 Å². The van der Waals surface area contributed by atoms with Gasteiger partial charge in [0, 0.05) is 29.7 Å². The molecule has 52 heavy (non-hydrogen) atoms. The van der Waals surface area contributed by atoms with Gasteiger partial charge in [-0.25, -0.2) is 0 Å². The molecule has 0 saturated heterocycles. The van der Waals surface area contributed by atoms with E-state index in [1.165, 1.54) is 106 Å². The van der Waals surface area contributed by atoms with Gasteiger partial charge in [0.25, 0.3) is 0 Å². The SMILES string of the molecule is CC(C)C1CCC2CCCCC2C1.CC(C)C1CCCC2CCCCC21.CC(C)C1CCCc2cccnc21.CC(C)C1CCc2cccnc2C1. The lowest BCUT2D eigenvalue weighted by atomic mass is 9.63. The molecule has 0 bridgehead atoms. The zero-order valence-corrected chi connectivity index (χ0v) is 35.4. The highest BCUT2D eigenvalue weighted by Gasteiger charge is 2.36. The largest absolute Gasteiger partial charge is 0.261 e. The van der Waals surface area contributed by atoms with E-state index in [9.17, 15) is 0 Å². The summed E-state index contributed by atoms with van der Waals surface area (Å²) >= 11 is 0. The van der Waals surface area contributed by atoms with Crippen LogP contribution in [0.5, 0.6) is 0 Å². The Balaban J connectivity index is 0.000000134. The molecule has 8 unspecified atom stereocenters. The minimum Gasteiger partial charge on any atom is -0.261 e. The van der Waals surface area contributed by atoms with Gasteiger partial charge in [-0.15, -0.1) is 0 Å². The highest BCUT2D eigenvalue weighted by atomic mass is 14.7. The summed E-state index contributed by atoms with van der Waals surface area (Å²) in [6, 6.07) is 8.56. The van der Waals surface area contributed by atoms with Crippen molar-refractivity contribution in [2.45, 2.75) is 190 Å². The van der Waals surface area contributed by atoms with Gasteiger partial charge in [-0.3, -0.25) is 9.97 Å². The topological polar surface area (TPSA) is 25.8 Å². The van der Waals surface area contributed by atoms with Crippen LogP contribution in [-0.4, -0.2) is 9.97 Å². The van der Waals surface area contributed by atoms with E-state index in [0.29, 0.717) is 5.92 Å². The number of hydrogen-bond donors (Lipinski definition) is 0. The molecule has 0 amide bonds. The molecular weight excluding hydrogens is 629 g/mol. The molecule has 6 aliphatic rings. The van der Waals surface area contributed by atoms with E-state index in [1.807, 2.05) is 12.4 Å². The Labute approximate surface area is 323 Å². The van der Waals surface area contributed by atoms with E-state index in [2.05, 4.69) is 89.6 Å². The first-order chi connectivity index (χ1) is 25.1. The molecule has 0 aliphatic heterocycles. The second-order valence-corrected chi connectivity index (χ2v) is 19.8. The van der Waals surface area contributed by atoms with E-state index in [4.69, 9.17) is 0 Å². The van der Waals surface area contributed by atoms with Gasteiger partial charge in [0.1, 0.15) is 0 Å². The van der Waals surface area contributed by atoms with Gasteiger partial charge in [0.05, 0.1) is 0 Å². The summed E-state index contributed by atoms with van der Waals surface area (Å²) in [5.74, 6) is 11.6. The van der Waals surface area contributed by atoms with Gasteiger partial charge in [0.15, 0.2) is 0 Å². The number of pyridine rings is 2. The Morgan fingerprint density at radius 2 is 1.15 bits per heavy atom. The predicted octanol–water partition coefficient (Wildman–Crippen LogP) is 14.5. The van der Waals surface area contributed by atoms with E-state index in [-0.39, 0.29) is 0 Å². The third-order valence-corrected chi connectivity index (χ3v) is 15.2. The Bertz CT molecular complexity index is 1290. The van der Waals surface area contributed by atoms with Crippen LogP contribution < -0.4 is 0 Å². The van der Waals surface area contributed by atoms with Crippen molar-refractivity contribution in [3.05, 3.63) is 59.2 Å². The van der Waals surface area contributed by atoms with Gasteiger partial charge >= 0.3 is 0 Å². The molecule has 4 fully saturated rings. The number of rotatable bonds is 4. The van der Waals surface area contributed by atoms with Crippen LogP contribution in [0, 0.1) is 65.1 Å². The number of hydrogen-bond acceptors (Lipinski definition) is 2. The highest BCUT2D eigenvalue weighted by Crippen LogP contribution is 2.47. The minimum absolute atomic E-state index is 0.699. The van der Waals surface area contributed by atoms with E-state index in [1.54, 1.807) is 44.9 Å². The number of aromatic nitrogens is 2. The van der Waals surface area contributed by atoms with Crippen molar-refractivity contribution in [2.24, 2.45) is 65.1 Å². The average Bonchev–Trinajstić information content (AvgIpc) is 3.17. The second-order valence-electron chi connectivity index (χ2n) is 19.8. The second kappa shape index (κ2) is 20.8. The lowest BCUT2D eigenvalue weighted by molar-refractivity contribution is 0.0747. The number of fused-ring (bicyclic) bond motifs is 4. The summed E-state index contributed by atoms with van der Waals surface area (Å²) in [6.07, 6.45) is 33.0. The molecule has 0 aromatic carbocycles. The van der Waals surface area contributed by atoms with Crippen LogP contribution in [0.15, 0.2) is 36.7 Å². The van der Waals surface area contributed by atoms with Crippen molar-refractivity contribution in [2.75, 3.05) is 0 Å². The molecule has 292 valence electrons. The van der Waals surface area contributed by atoms with Gasteiger partial charge in [-0.05, 0) is 159 Å². The first-order valence-electron chi connectivity index (χ1n) is 23.0. The smallest absolute Gasteiger partial charge is 0.0468 e. The fraction of sp³-hybridized carbons (Fsp3) is 0.800. The van der Waals surface area contributed by atoms with Crippen LogP contribution in [0.4, 0.5) is 0 Å². The standard InChI is InChI=1S/2C13H24.2C12H17N/c1-10(2)12-9-5-7-11-6-3-4-8-13(11)12;1-10(2)12-8-7-11-5-3-4-6-13(11)9-12;1-9(2)11-7-3-5-10-6-4-8-13-12(10)11;1-9(2)11-6-5-10-4-3-7-13-12(10)8-11/h2*10-13H,3-9H2,1-2H3;4,6,8-9,11H,3,5,7H2,1-2H3;3-4,7,9,11H,5-6,8H2,1-2H3. The molecule has 2 heteroatoms. The zero-order valence-electron chi connectivity index (χ0n) is 35.4. The van der Waals surface area contributed by atoms with Crippen molar-refractivity contribution in [3.63, 3.8) is 0 Å². The highest BCUT2D eigenvalue weighted by molar-refractivity contribution is 5.26. The minimum atomic E-state index is 0.699. The Kier molecular flexibility index (Phi) is 16.6. The fourth-order valence-corrected chi connectivity index (χ4v) is 11.8. The molecule has 4 saturated carbocycles. The summed E-state index contributed by atoms with van der Waals surface area (Å²) in [6.45, 7) is 18.9. The maximum Gasteiger partial charge on any atom is 0.0468 e. The van der Waals surface area contributed by atoms with Crippen LogP contribution in [0.3, 0.4) is 0 Å². The van der Waals surface area contributed by atoms with Crippen molar-refractivity contribution in [1.82, 2.24) is 9.97 Å². The summed E-state index contributed by atoms with van der Waals surface area (Å²) in [5, 5.41) is 0. The summed E-state index contributed by atoms with van der Waals surface area (Å²) in [5.41, 5.74) is 5.66. The van der Waals surface area contributed by atoms with Gasteiger partial charge < -0.3 is 0 Å². The fourth-order valence-electron chi connectivity index (χ4n) is 11.8. The van der Waals surface area contributed by atoms with E-state index < -0.39 is 0 Å². The molecule has 8 atom stereocenters. The third-order valence-electron chi connectivity index (χ3n) is 15.2. The molecule has 2 aromatic rings. The zero-order chi connectivity index (χ0) is 37.0. The van der Waals surface area contributed by atoms with Crippen LogP contribution in [0.1, 0.15) is 193 Å². The predicted molar refractivity (Wildman–Crippen MR) is 225 cm³/mol. The maximum atomic E-state index is 4.52. The van der Waals surface area contributed by atoms with E-state index >= 15 is 0 Å². The molecular formula is C50H82N2. The first-order valence-corrected chi connectivity index (χ1v) is 23.0. The Morgan fingerprint density at radius 3 is 1.87 bits per heavy atom. The Morgan fingerprint density at radius 1 is 0.500 bits per heavy atom. The molecule has 8 rings (SSSR count). The van der Waals surface area contributed by atoms with Gasteiger partial charge in [-0.1, -0.05) is 125 Å². The third kappa shape index (κ3) is 11.7. The summed E-state index contributed by atoms with van der Waals surface area (Å²) in [7, 11) is 0. The maximum absolute atomic E-state index is 4.52. The lowest BCUT2D eigenvalue weighted by Crippen LogP contribution is -2.33. The van der Waals surface area contributed by atoms with Crippen molar-refractivity contribution in [3.8, 4) is 0 Å². The quantitative estimate of drug-likeness (QED) is 0.316. The normalized spacial score (nSPS) is 31.0. The van der Waals surface area contributed by atoms with Crippen LogP contribution in [0.2, 0.25) is 0 Å². The Hall–Kier alpha value is -1.70. The summed E-state index contributed by atoms with van der Waals surface area (Å²) in [4.78, 5) is 8.97. The monoisotopic (exact) mass is 711 g/mol. The van der Waals surface area contributed by atoms with Gasteiger partial charge in [-0.2, -0.15) is 0 Å². The number of nitrogens with zero attached hydrogens (tertiary/aromatic N) is 2. The molecule has 0 N–H and O–H groups in total. The van der Waals surface area contributed by atoms with E-state index in [0.717, 1.165) is 65.1 Å². The molecule has 0 radical (unpaired) electrons. The van der Waals surface area contributed by atoms with Crippen molar-refractivity contribution >= 4 is 0 Å².